The fraction of sp³-hybridized carbons (Fsp3) is 0.957. The molecule has 8 heteroatoms. The van der Waals surface area contributed by atoms with Gasteiger partial charge in [-0.05, 0) is 12.8 Å². The molecule has 0 fully saturated rings. The highest BCUT2D eigenvalue weighted by atomic mass is 16.5. The number of aliphatic hydroxyl groups is 2. The number of unbranched alkanes of at least 4 members (excludes halogenated alkanes) is 28. The Labute approximate surface area is 335 Å². The second kappa shape index (κ2) is 44.5. The van der Waals surface area contributed by atoms with E-state index in [0.29, 0.717) is 52.2 Å². The summed E-state index contributed by atoms with van der Waals surface area (Å²) in [5, 5.41) is 18.3. The number of carbonyl (C=O) groups is 2. The van der Waals surface area contributed by atoms with Crippen LogP contribution in [0.15, 0.2) is 0 Å². The number of carbonyl (C=O) groups excluding carboxylic acids is 2. The first-order valence-electron chi connectivity index (χ1n) is 23.5. The van der Waals surface area contributed by atoms with E-state index in [4.69, 9.17) is 19.7 Å². The average molecular weight is 769 g/mol. The average Bonchev–Trinajstić information content (AvgIpc) is 3.18. The van der Waals surface area contributed by atoms with Crippen molar-refractivity contribution in [3.63, 3.8) is 0 Å². The van der Waals surface area contributed by atoms with Crippen LogP contribution in [-0.2, 0) is 19.1 Å². The molecule has 0 aromatic carbocycles. The Hall–Kier alpha value is -1.22. The lowest BCUT2D eigenvalue weighted by Crippen LogP contribution is -2.43. The minimum absolute atomic E-state index is 0.0392. The van der Waals surface area contributed by atoms with Crippen LogP contribution in [0.4, 0.5) is 0 Å². The Morgan fingerprint density at radius 2 is 0.593 bits per heavy atom. The molecule has 0 spiro atoms. The smallest absolute Gasteiger partial charge is 0.222 e. The molecule has 0 aromatic heterocycles. The van der Waals surface area contributed by atoms with Gasteiger partial charge in [0.2, 0.25) is 11.8 Å². The first-order chi connectivity index (χ1) is 26.6. The van der Waals surface area contributed by atoms with Crippen LogP contribution in [0.5, 0.6) is 0 Å². The maximum absolute atomic E-state index is 13.3. The molecule has 0 rings (SSSR count). The third-order valence-corrected chi connectivity index (χ3v) is 10.8. The monoisotopic (exact) mass is 769 g/mol. The van der Waals surface area contributed by atoms with Gasteiger partial charge < -0.3 is 29.5 Å². The van der Waals surface area contributed by atoms with E-state index in [1.54, 1.807) is 0 Å². The van der Waals surface area contributed by atoms with Crippen molar-refractivity contribution in [1.82, 2.24) is 9.80 Å². The van der Waals surface area contributed by atoms with Gasteiger partial charge in [-0.3, -0.25) is 9.59 Å². The van der Waals surface area contributed by atoms with Gasteiger partial charge in [-0.15, -0.1) is 0 Å². The topological polar surface area (TPSA) is 99.5 Å². The molecule has 0 aliphatic rings. The van der Waals surface area contributed by atoms with Crippen molar-refractivity contribution in [2.45, 2.75) is 219 Å². The summed E-state index contributed by atoms with van der Waals surface area (Å²) in [6, 6.07) is 0. The number of ether oxygens (including phenoxy) is 2. The molecule has 0 radical (unpaired) electrons. The molecule has 0 bridgehead atoms. The molecule has 322 valence electrons. The molecular formula is C46H92N2O6. The summed E-state index contributed by atoms with van der Waals surface area (Å²) in [4.78, 5) is 30.3. The van der Waals surface area contributed by atoms with Crippen LogP contribution >= 0.6 is 0 Å². The first-order valence-corrected chi connectivity index (χ1v) is 23.5. The van der Waals surface area contributed by atoms with E-state index in [0.717, 1.165) is 25.7 Å². The number of nitrogens with zero attached hydrogens (tertiary/aromatic N) is 2. The third kappa shape index (κ3) is 37.7. The van der Waals surface area contributed by atoms with Crippen molar-refractivity contribution < 1.29 is 29.3 Å². The minimum Gasteiger partial charge on any atom is -0.394 e. The highest BCUT2D eigenvalue weighted by Crippen LogP contribution is 2.16. The summed E-state index contributed by atoms with van der Waals surface area (Å²) in [7, 11) is 0. The second-order valence-electron chi connectivity index (χ2n) is 15.8. The number of aliphatic hydroxyl groups excluding tert-OH is 2. The lowest BCUT2D eigenvalue weighted by atomic mass is 10.0. The highest BCUT2D eigenvalue weighted by Gasteiger charge is 2.18. The molecule has 2 N–H and O–H groups in total. The van der Waals surface area contributed by atoms with Crippen molar-refractivity contribution in [1.29, 1.82) is 0 Å². The summed E-state index contributed by atoms with van der Waals surface area (Å²) in [5.74, 6) is 0.229. The third-order valence-electron chi connectivity index (χ3n) is 10.8. The zero-order valence-electron chi connectivity index (χ0n) is 36.1. The van der Waals surface area contributed by atoms with E-state index in [-0.39, 0.29) is 38.2 Å². The van der Waals surface area contributed by atoms with Gasteiger partial charge in [-0.1, -0.05) is 194 Å². The Bertz CT molecular complexity index is 707. The summed E-state index contributed by atoms with van der Waals surface area (Å²) in [6.45, 7) is 7.57. The van der Waals surface area contributed by atoms with E-state index in [1.807, 2.05) is 9.80 Å². The van der Waals surface area contributed by atoms with Crippen LogP contribution in [0, 0.1) is 0 Å². The van der Waals surface area contributed by atoms with E-state index < -0.39 is 0 Å². The molecule has 2 amide bonds. The van der Waals surface area contributed by atoms with Crippen molar-refractivity contribution in [2.75, 3.05) is 65.8 Å². The van der Waals surface area contributed by atoms with Crippen LogP contribution < -0.4 is 0 Å². The zero-order valence-corrected chi connectivity index (χ0v) is 36.1. The Kier molecular flexibility index (Phi) is 43.5. The number of hydrogen-bond donors (Lipinski definition) is 2. The second-order valence-corrected chi connectivity index (χ2v) is 15.8. The standard InChI is InChI=1S/C46H92N2O6/c1-3-5-7-9-11-13-15-17-19-21-23-25-27-29-31-33-45(51)47(37-41-53-43-39-49)35-36-48(38-42-54-44-40-50)46(52)34-32-30-28-26-24-22-20-18-16-14-12-10-8-6-4-2/h49-50H,3-44H2,1-2H3. The van der Waals surface area contributed by atoms with Crippen LogP contribution in [-0.4, -0.2) is 97.6 Å². The van der Waals surface area contributed by atoms with Crippen molar-refractivity contribution in [3.8, 4) is 0 Å². The number of hydrogen-bond acceptors (Lipinski definition) is 6. The van der Waals surface area contributed by atoms with Gasteiger partial charge in [0.15, 0.2) is 0 Å². The Balaban J connectivity index is 4.42. The van der Waals surface area contributed by atoms with Gasteiger partial charge in [0.25, 0.3) is 0 Å². The zero-order chi connectivity index (χ0) is 39.4. The molecule has 0 saturated heterocycles. The fourth-order valence-electron chi connectivity index (χ4n) is 7.26. The quantitative estimate of drug-likeness (QED) is 0.0599. The Morgan fingerprint density at radius 1 is 0.352 bits per heavy atom. The largest absolute Gasteiger partial charge is 0.394 e. The van der Waals surface area contributed by atoms with Gasteiger partial charge >= 0.3 is 0 Å². The SMILES string of the molecule is CCCCCCCCCCCCCCCCCC(=O)N(CCOCCO)CCN(CCOCCO)C(=O)CCCCCCCCCCCCCCCCC. The van der Waals surface area contributed by atoms with Crippen molar-refractivity contribution in [2.24, 2.45) is 0 Å². The molecule has 0 unspecified atom stereocenters. The Morgan fingerprint density at radius 3 is 0.833 bits per heavy atom. The lowest BCUT2D eigenvalue weighted by molar-refractivity contribution is -0.136. The molecule has 0 heterocycles. The molecule has 0 saturated carbocycles. The number of amides is 2. The lowest BCUT2D eigenvalue weighted by Gasteiger charge is -2.28. The molecule has 8 nitrogen and oxygen atoms in total. The summed E-state index contributed by atoms with van der Waals surface area (Å²) >= 11 is 0. The van der Waals surface area contributed by atoms with Crippen LogP contribution in [0.25, 0.3) is 0 Å². The van der Waals surface area contributed by atoms with Crippen LogP contribution in [0.1, 0.15) is 219 Å². The van der Waals surface area contributed by atoms with E-state index in [1.165, 1.54) is 167 Å². The first kappa shape index (κ1) is 52.8. The maximum atomic E-state index is 13.3. The minimum atomic E-state index is -0.0392. The molecule has 0 aromatic rings. The molecule has 54 heavy (non-hydrogen) atoms. The summed E-state index contributed by atoms with van der Waals surface area (Å²) in [6.07, 6.45) is 39.9. The van der Waals surface area contributed by atoms with E-state index in [9.17, 15) is 9.59 Å². The van der Waals surface area contributed by atoms with Crippen molar-refractivity contribution in [3.05, 3.63) is 0 Å². The van der Waals surface area contributed by atoms with Gasteiger partial charge in [-0.25, -0.2) is 0 Å². The van der Waals surface area contributed by atoms with E-state index in [2.05, 4.69) is 13.8 Å². The predicted molar refractivity (Wildman–Crippen MR) is 228 cm³/mol. The van der Waals surface area contributed by atoms with Gasteiger partial charge in [0, 0.05) is 39.0 Å². The fourth-order valence-corrected chi connectivity index (χ4v) is 7.26. The molecule has 0 atom stereocenters. The molecular weight excluding hydrogens is 677 g/mol. The highest BCUT2D eigenvalue weighted by molar-refractivity contribution is 5.77. The number of rotatable bonds is 45. The maximum Gasteiger partial charge on any atom is 0.222 e. The predicted octanol–water partition coefficient (Wildman–Crippen LogP) is 11.2. The summed E-state index contributed by atoms with van der Waals surface area (Å²) < 4.78 is 11.0. The normalized spacial score (nSPS) is 11.4. The molecule has 0 aliphatic carbocycles. The van der Waals surface area contributed by atoms with Gasteiger partial charge in [0.05, 0.1) is 39.6 Å². The van der Waals surface area contributed by atoms with Crippen LogP contribution in [0.2, 0.25) is 0 Å². The molecule has 0 aliphatic heterocycles. The summed E-state index contributed by atoms with van der Waals surface area (Å²) in [5.41, 5.74) is 0. The van der Waals surface area contributed by atoms with Gasteiger partial charge in [0.1, 0.15) is 0 Å². The van der Waals surface area contributed by atoms with E-state index >= 15 is 0 Å². The van der Waals surface area contributed by atoms with Gasteiger partial charge in [-0.2, -0.15) is 0 Å². The van der Waals surface area contributed by atoms with Crippen molar-refractivity contribution >= 4 is 11.8 Å². The van der Waals surface area contributed by atoms with Crippen LogP contribution in [0.3, 0.4) is 0 Å².